The van der Waals surface area contributed by atoms with Gasteiger partial charge in [0.1, 0.15) is 0 Å². The van der Waals surface area contributed by atoms with E-state index in [2.05, 4.69) is 67.6 Å². The Morgan fingerprint density at radius 1 is 0.889 bits per heavy atom. The first kappa shape index (κ1) is 13.3. The number of benzene rings is 2. The fourth-order valence-corrected chi connectivity index (χ4v) is 4.47. The quantitative estimate of drug-likeness (QED) is 0.818. The van der Waals surface area contributed by atoms with Gasteiger partial charge in [0.15, 0.2) is 0 Å². The van der Waals surface area contributed by atoms with Crippen LogP contribution in [0.15, 0.2) is 60.7 Å². The predicted molar refractivity (Wildman–Crippen MR) is 80.2 cm³/mol. The summed E-state index contributed by atoms with van der Waals surface area (Å²) in [6.45, 7) is 2.37. The van der Waals surface area contributed by atoms with Crippen molar-refractivity contribution >= 4 is 18.5 Å². The molecule has 0 aliphatic rings. The maximum Gasteiger partial charge on any atom is 0.0460 e. The van der Waals surface area contributed by atoms with Gasteiger partial charge in [-0.3, -0.25) is 0 Å². The molecule has 0 saturated heterocycles. The SMILES string of the molecule is CC(CO)CP(c1ccccc1)c1ccccc1. The molecule has 0 amide bonds. The lowest BCUT2D eigenvalue weighted by Gasteiger charge is -2.21. The highest BCUT2D eigenvalue weighted by molar-refractivity contribution is 7.73. The second kappa shape index (κ2) is 6.68. The molecule has 2 aromatic carbocycles. The van der Waals surface area contributed by atoms with Gasteiger partial charge in [-0.1, -0.05) is 67.6 Å². The molecule has 0 bridgehead atoms. The van der Waals surface area contributed by atoms with Crippen molar-refractivity contribution in [2.24, 2.45) is 5.92 Å². The summed E-state index contributed by atoms with van der Waals surface area (Å²) in [5, 5.41) is 12.1. The van der Waals surface area contributed by atoms with Crippen LogP contribution in [0, 0.1) is 5.92 Å². The Morgan fingerprint density at radius 3 is 1.72 bits per heavy atom. The van der Waals surface area contributed by atoms with Crippen molar-refractivity contribution in [1.82, 2.24) is 0 Å². The third-order valence-corrected chi connectivity index (χ3v) is 5.77. The minimum atomic E-state index is -0.356. The molecule has 1 nitrogen and oxygen atoms in total. The average Bonchev–Trinajstić information content (AvgIpc) is 2.46. The molecule has 1 atom stereocenters. The van der Waals surface area contributed by atoms with E-state index in [1.54, 1.807) is 0 Å². The van der Waals surface area contributed by atoms with Crippen LogP contribution in [0.1, 0.15) is 6.92 Å². The highest BCUT2D eigenvalue weighted by Gasteiger charge is 2.16. The minimum Gasteiger partial charge on any atom is -0.396 e. The van der Waals surface area contributed by atoms with Gasteiger partial charge in [0.05, 0.1) is 0 Å². The second-order valence-corrected chi connectivity index (χ2v) is 6.82. The van der Waals surface area contributed by atoms with Crippen molar-refractivity contribution in [2.45, 2.75) is 6.92 Å². The molecule has 0 saturated carbocycles. The molecule has 0 radical (unpaired) electrons. The number of rotatable bonds is 5. The normalized spacial score (nSPS) is 12.6. The molecule has 0 aliphatic carbocycles. The van der Waals surface area contributed by atoms with Crippen LogP contribution in [0.2, 0.25) is 0 Å². The van der Waals surface area contributed by atoms with Gasteiger partial charge in [0, 0.05) is 6.61 Å². The van der Waals surface area contributed by atoms with Gasteiger partial charge in [-0.05, 0) is 30.6 Å². The maximum absolute atomic E-state index is 9.29. The van der Waals surface area contributed by atoms with E-state index in [-0.39, 0.29) is 14.5 Å². The molecule has 2 heteroatoms. The van der Waals surface area contributed by atoms with Crippen molar-refractivity contribution in [3.05, 3.63) is 60.7 Å². The third kappa shape index (κ3) is 3.41. The molecule has 1 N–H and O–H groups in total. The molecule has 94 valence electrons. The van der Waals surface area contributed by atoms with E-state index in [1.807, 2.05) is 0 Å². The number of aliphatic hydroxyl groups excluding tert-OH is 1. The summed E-state index contributed by atoms with van der Waals surface area (Å²) in [5.41, 5.74) is 0. The number of aliphatic hydroxyl groups is 1. The van der Waals surface area contributed by atoms with Gasteiger partial charge in [0.2, 0.25) is 0 Å². The first-order valence-corrected chi connectivity index (χ1v) is 7.82. The van der Waals surface area contributed by atoms with Crippen molar-refractivity contribution in [3.8, 4) is 0 Å². The van der Waals surface area contributed by atoms with Crippen LogP contribution in [0.5, 0.6) is 0 Å². The summed E-state index contributed by atoms with van der Waals surface area (Å²) in [6, 6.07) is 21.3. The maximum atomic E-state index is 9.29. The van der Waals surface area contributed by atoms with Crippen molar-refractivity contribution in [2.75, 3.05) is 12.8 Å². The van der Waals surface area contributed by atoms with Crippen molar-refractivity contribution < 1.29 is 5.11 Å². The smallest absolute Gasteiger partial charge is 0.0460 e. The van der Waals surface area contributed by atoms with Gasteiger partial charge in [-0.25, -0.2) is 0 Å². The van der Waals surface area contributed by atoms with Gasteiger partial charge in [-0.2, -0.15) is 0 Å². The molecule has 0 heterocycles. The first-order valence-electron chi connectivity index (χ1n) is 6.29. The zero-order valence-electron chi connectivity index (χ0n) is 10.7. The summed E-state index contributed by atoms with van der Waals surface area (Å²) >= 11 is 0. The summed E-state index contributed by atoms with van der Waals surface area (Å²) in [6.07, 6.45) is 1.04. The molecule has 18 heavy (non-hydrogen) atoms. The van der Waals surface area contributed by atoms with E-state index < -0.39 is 0 Å². The Morgan fingerprint density at radius 2 is 1.33 bits per heavy atom. The summed E-state index contributed by atoms with van der Waals surface area (Å²) in [5.74, 6) is 0.344. The molecular weight excluding hydrogens is 239 g/mol. The highest BCUT2D eigenvalue weighted by atomic mass is 31.1. The number of hydrogen-bond donors (Lipinski definition) is 1. The summed E-state index contributed by atoms with van der Waals surface area (Å²) < 4.78 is 0. The Kier molecular flexibility index (Phi) is 4.92. The van der Waals surface area contributed by atoms with Crippen LogP contribution in [0.25, 0.3) is 0 Å². The van der Waals surface area contributed by atoms with E-state index in [0.29, 0.717) is 5.92 Å². The lowest BCUT2D eigenvalue weighted by molar-refractivity contribution is 0.250. The Labute approximate surface area is 110 Å². The van der Waals surface area contributed by atoms with E-state index in [1.165, 1.54) is 10.6 Å². The molecule has 2 rings (SSSR count). The fourth-order valence-electron chi connectivity index (χ4n) is 1.95. The monoisotopic (exact) mass is 258 g/mol. The average molecular weight is 258 g/mol. The largest absolute Gasteiger partial charge is 0.396 e. The zero-order chi connectivity index (χ0) is 12.8. The minimum absolute atomic E-state index is 0.262. The Balaban J connectivity index is 2.29. The van der Waals surface area contributed by atoms with Crippen LogP contribution >= 0.6 is 7.92 Å². The molecule has 0 aromatic heterocycles. The van der Waals surface area contributed by atoms with Gasteiger partial charge < -0.3 is 5.11 Å². The Hall–Kier alpha value is -1.17. The fraction of sp³-hybridized carbons (Fsp3) is 0.250. The second-order valence-electron chi connectivity index (χ2n) is 4.57. The summed E-state index contributed by atoms with van der Waals surface area (Å²) in [4.78, 5) is 0. The summed E-state index contributed by atoms with van der Waals surface area (Å²) in [7, 11) is -0.356. The third-order valence-electron chi connectivity index (χ3n) is 2.94. The van der Waals surface area contributed by atoms with Gasteiger partial charge in [0.25, 0.3) is 0 Å². The Bertz CT molecular complexity index is 416. The van der Waals surface area contributed by atoms with Crippen LogP contribution in [-0.4, -0.2) is 17.9 Å². The molecule has 2 aromatic rings. The molecule has 0 fully saturated rings. The number of hydrogen-bond acceptors (Lipinski definition) is 1. The van der Waals surface area contributed by atoms with Crippen LogP contribution in [-0.2, 0) is 0 Å². The first-order chi connectivity index (χ1) is 8.81. The van der Waals surface area contributed by atoms with E-state index >= 15 is 0 Å². The highest BCUT2D eigenvalue weighted by Crippen LogP contribution is 2.35. The molecule has 1 unspecified atom stereocenters. The standard InChI is InChI=1S/C16H19OP/c1-14(12-17)13-18(15-8-4-2-5-9-15)16-10-6-3-7-11-16/h2-11,14,17H,12-13H2,1H3. The van der Waals surface area contributed by atoms with E-state index in [9.17, 15) is 5.11 Å². The van der Waals surface area contributed by atoms with Gasteiger partial charge in [-0.15, -0.1) is 0 Å². The van der Waals surface area contributed by atoms with Crippen LogP contribution < -0.4 is 10.6 Å². The lowest BCUT2D eigenvalue weighted by atomic mass is 10.2. The lowest BCUT2D eigenvalue weighted by Crippen LogP contribution is -2.18. The van der Waals surface area contributed by atoms with E-state index in [4.69, 9.17) is 0 Å². The molecule has 0 aliphatic heterocycles. The topological polar surface area (TPSA) is 20.2 Å². The zero-order valence-corrected chi connectivity index (χ0v) is 11.6. The van der Waals surface area contributed by atoms with Crippen molar-refractivity contribution in [1.29, 1.82) is 0 Å². The van der Waals surface area contributed by atoms with Crippen molar-refractivity contribution in [3.63, 3.8) is 0 Å². The van der Waals surface area contributed by atoms with E-state index in [0.717, 1.165) is 6.16 Å². The van der Waals surface area contributed by atoms with Crippen LogP contribution in [0.4, 0.5) is 0 Å². The predicted octanol–water partition coefficient (Wildman–Crippen LogP) is 2.75. The van der Waals surface area contributed by atoms with Gasteiger partial charge >= 0.3 is 0 Å². The molecular formula is C16H19OP. The van der Waals surface area contributed by atoms with Crippen LogP contribution in [0.3, 0.4) is 0 Å². The molecule has 0 spiro atoms.